The van der Waals surface area contributed by atoms with Crippen LogP contribution in [-0.2, 0) is 9.53 Å². The van der Waals surface area contributed by atoms with Crippen LogP contribution in [0, 0.1) is 5.92 Å². The molecule has 0 bridgehead atoms. The average Bonchev–Trinajstić information content (AvgIpc) is 3.37. The molecule has 2 aliphatic rings. The van der Waals surface area contributed by atoms with Gasteiger partial charge in [0.25, 0.3) is 5.91 Å². The molecule has 0 radical (unpaired) electrons. The Bertz CT molecular complexity index is 567. The van der Waals surface area contributed by atoms with Crippen molar-refractivity contribution in [2.24, 2.45) is 5.92 Å². The molecule has 1 aromatic rings. The first-order chi connectivity index (χ1) is 11.1. The van der Waals surface area contributed by atoms with E-state index >= 15 is 0 Å². The lowest BCUT2D eigenvalue weighted by Crippen LogP contribution is -2.46. The molecule has 1 aliphatic carbocycles. The van der Waals surface area contributed by atoms with Gasteiger partial charge in [-0.05, 0) is 43.0 Å². The van der Waals surface area contributed by atoms with Gasteiger partial charge in [-0.25, -0.2) is 0 Å². The number of hydrogen-bond donors (Lipinski definition) is 1. The fourth-order valence-corrected chi connectivity index (χ4v) is 2.60. The number of nitrogens with zero attached hydrogens (tertiary/aromatic N) is 1. The Hall–Kier alpha value is -2.08. The Morgan fingerprint density at radius 3 is 2.65 bits per heavy atom. The van der Waals surface area contributed by atoms with Gasteiger partial charge >= 0.3 is 5.97 Å². The minimum Gasteiger partial charge on any atom is -0.493 e. The summed E-state index contributed by atoms with van der Waals surface area (Å²) in [5, 5.41) is 8.83. The average molecular weight is 319 g/mol. The molecule has 0 spiro atoms. The minimum atomic E-state index is -0.915. The summed E-state index contributed by atoms with van der Waals surface area (Å²) in [7, 11) is 0. The first-order valence-corrected chi connectivity index (χ1v) is 7.97. The molecule has 1 aliphatic heterocycles. The van der Waals surface area contributed by atoms with Crippen molar-refractivity contribution in [3.63, 3.8) is 0 Å². The SMILES string of the molecule is O=C(O)CC1CN(C(=O)c2ccc(OCC3CC3)cc2)CCO1. The van der Waals surface area contributed by atoms with Gasteiger partial charge in [-0.15, -0.1) is 0 Å². The molecule has 2 fully saturated rings. The number of rotatable bonds is 6. The van der Waals surface area contributed by atoms with Crippen LogP contribution < -0.4 is 4.74 Å². The lowest BCUT2D eigenvalue weighted by molar-refractivity contribution is -0.141. The molecule has 23 heavy (non-hydrogen) atoms. The monoisotopic (exact) mass is 319 g/mol. The van der Waals surface area contributed by atoms with Gasteiger partial charge in [0, 0.05) is 18.7 Å². The quantitative estimate of drug-likeness (QED) is 0.865. The van der Waals surface area contributed by atoms with E-state index in [9.17, 15) is 9.59 Å². The summed E-state index contributed by atoms with van der Waals surface area (Å²) in [4.78, 5) is 24.9. The van der Waals surface area contributed by atoms with Crippen molar-refractivity contribution in [2.75, 3.05) is 26.3 Å². The Morgan fingerprint density at radius 1 is 1.26 bits per heavy atom. The summed E-state index contributed by atoms with van der Waals surface area (Å²) in [5.74, 6) is 0.453. The van der Waals surface area contributed by atoms with Crippen molar-refractivity contribution in [1.29, 1.82) is 0 Å². The fourth-order valence-electron chi connectivity index (χ4n) is 2.60. The third kappa shape index (κ3) is 4.45. The van der Waals surface area contributed by atoms with Crippen LogP contribution >= 0.6 is 0 Å². The van der Waals surface area contributed by atoms with Gasteiger partial charge in [0.2, 0.25) is 0 Å². The molecule has 1 N–H and O–H groups in total. The summed E-state index contributed by atoms with van der Waals surface area (Å²) in [5.41, 5.74) is 0.583. The van der Waals surface area contributed by atoms with Crippen molar-refractivity contribution >= 4 is 11.9 Å². The van der Waals surface area contributed by atoms with Crippen molar-refractivity contribution in [3.8, 4) is 5.75 Å². The van der Waals surface area contributed by atoms with E-state index in [4.69, 9.17) is 14.6 Å². The first-order valence-electron chi connectivity index (χ1n) is 7.97. The number of carboxylic acids is 1. The number of morpholine rings is 1. The lowest BCUT2D eigenvalue weighted by Gasteiger charge is -2.32. The molecular formula is C17H21NO5. The molecule has 124 valence electrons. The fraction of sp³-hybridized carbons (Fsp3) is 0.529. The predicted octanol–water partition coefficient (Wildman–Crippen LogP) is 1.79. The normalized spacial score (nSPS) is 21.0. The molecule has 6 heteroatoms. The second kappa shape index (κ2) is 7.00. The van der Waals surface area contributed by atoms with Gasteiger partial charge in [0.15, 0.2) is 0 Å². The maximum atomic E-state index is 12.5. The van der Waals surface area contributed by atoms with Gasteiger partial charge < -0.3 is 19.5 Å². The van der Waals surface area contributed by atoms with E-state index in [0.717, 1.165) is 12.4 Å². The Kier molecular flexibility index (Phi) is 4.81. The standard InChI is InChI=1S/C17H21NO5/c19-16(20)9-15-10-18(7-8-22-15)17(21)13-3-5-14(6-4-13)23-11-12-1-2-12/h3-6,12,15H,1-2,7-11H2,(H,19,20). The molecule has 3 rings (SSSR count). The summed E-state index contributed by atoms with van der Waals surface area (Å²) in [6.45, 7) is 1.90. The minimum absolute atomic E-state index is 0.0856. The highest BCUT2D eigenvalue weighted by Gasteiger charge is 2.26. The van der Waals surface area contributed by atoms with E-state index in [1.54, 1.807) is 17.0 Å². The van der Waals surface area contributed by atoms with E-state index in [1.807, 2.05) is 12.1 Å². The zero-order chi connectivity index (χ0) is 16.2. The molecule has 1 aromatic carbocycles. The van der Waals surface area contributed by atoms with Crippen molar-refractivity contribution in [2.45, 2.75) is 25.4 Å². The summed E-state index contributed by atoms with van der Waals surface area (Å²) < 4.78 is 11.1. The third-order valence-corrected chi connectivity index (χ3v) is 4.11. The van der Waals surface area contributed by atoms with E-state index < -0.39 is 12.1 Å². The molecule has 1 atom stereocenters. The lowest BCUT2D eigenvalue weighted by atomic mass is 10.1. The van der Waals surface area contributed by atoms with Crippen molar-refractivity contribution < 1.29 is 24.2 Å². The van der Waals surface area contributed by atoms with Crippen LogP contribution in [-0.4, -0.2) is 54.3 Å². The number of hydrogen-bond acceptors (Lipinski definition) is 4. The van der Waals surface area contributed by atoms with Crippen LogP contribution in [0.25, 0.3) is 0 Å². The first kappa shape index (κ1) is 15.8. The maximum Gasteiger partial charge on any atom is 0.306 e. The van der Waals surface area contributed by atoms with Crippen molar-refractivity contribution in [3.05, 3.63) is 29.8 Å². The van der Waals surface area contributed by atoms with Gasteiger partial charge in [-0.3, -0.25) is 9.59 Å². The number of carboxylic acid groups (broad SMARTS) is 1. The van der Waals surface area contributed by atoms with Crippen LogP contribution in [0.4, 0.5) is 0 Å². The van der Waals surface area contributed by atoms with Crippen LogP contribution in [0.5, 0.6) is 5.75 Å². The number of benzene rings is 1. The second-order valence-electron chi connectivity index (χ2n) is 6.12. The number of aliphatic carboxylic acids is 1. The Morgan fingerprint density at radius 2 is 2.00 bits per heavy atom. The van der Waals surface area contributed by atoms with E-state index in [0.29, 0.717) is 31.2 Å². The smallest absolute Gasteiger partial charge is 0.306 e. The maximum absolute atomic E-state index is 12.5. The largest absolute Gasteiger partial charge is 0.493 e. The molecule has 1 saturated carbocycles. The third-order valence-electron chi connectivity index (χ3n) is 4.11. The molecule has 1 amide bonds. The molecule has 1 saturated heterocycles. The predicted molar refractivity (Wildman–Crippen MR) is 82.6 cm³/mol. The molecule has 6 nitrogen and oxygen atoms in total. The van der Waals surface area contributed by atoms with Gasteiger partial charge in [-0.2, -0.15) is 0 Å². The van der Waals surface area contributed by atoms with Gasteiger partial charge in [0.1, 0.15) is 5.75 Å². The van der Waals surface area contributed by atoms with Crippen LogP contribution in [0.15, 0.2) is 24.3 Å². The molecular weight excluding hydrogens is 298 g/mol. The topological polar surface area (TPSA) is 76.1 Å². The zero-order valence-corrected chi connectivity index (χ0v) is 12.9. The number of ether oxygens (including phenoxy) is 2. The number of carbonyl (C=O) groups excluding carboxylic acids is 1. The summed E-state index contributed by atoms with van der Waals surface area (Å²) in [6.07, 6.45) is 1.96. The Labute approximate surface area is 135 Å². The molecule has 1 unspecified atom stereocenters. The summed E-state index contributed by atoms with van der Waals surface area (Å²) in [6, 6.07) is 7.13. The highest BCUT2D eigenvalue weighted by atomic mass is 16.5. The highest BCUT2D eigenvalue weighted by Crippen LogP contribution is 2.29. The second-order valence-corrected chi connectivity index (χ2v) is 6.12. The van der Waals surface area contributed by atoms with Crippen molar-refractivity contribution in [1.82, 2.24) is 4.90 Å². The molecule has 1 heterocycles. The van der Waals surface area contributed by atoms with Gasteiger partial charge in [0.05, 0.1) is 25.7 Å². The van der Waals surface area contributed by atoms with E-state index in [1.165, 1.54) is 12.8 Å². The number of carbonyl (C=O) groups is 2. The van der Waals surface area contributed by atoms with E-state index in [-0.39, 0.29) is 12.3 Å². The Balaban J connectivity index is 1.56. The van der Waals surface area contributed by atoms with Crippen LogP contribution in [0.3, 0.4) is 0 Å². The molecule has 0 aromatic heterocycles. The van der Waals surface area contributed by atoms with Crippen LogP contribution in [0.2, 0.25) is 0 Å². The van der Waals surface area contributed by atoms with E-state index in [2.05, 4.69) is 0 Å². The number of amides is 1. The van der Waals surface area contributed by atoms with Crippen LogP contribution in [0.1, 0.15) is 29.6 Å². The highest BCUT2D eigenvalue weighted by molar-refractivity contribution is 5.94. The van der Waals surface area contributed by atoms with Gasteiger partial charge in [-0.1, -0.05) is 0 Å². The zero-order valence-electron chi connectivity index (χ0n) is 12.9. The summed E-state index contributed by atoms with van der Waals surface area (Å²) >= 11 is 0.